The lowest BCUT2D eigenvalue weighted by Crippen LogP contribution is -2.14. The standard InChI is InChI=1S/C14H11N5S/c1-19(11-5-3-2-4-9(11)8-15)12-10-6-7-20-13(10)18-14(16)17-12/h2-7H,1H3,(H2,16,17,18). The van der Waals surface area contributed by atoms with E-state index in [0.29, 0.717) is 11.4 Å². The number of anilines is 3. The van der Waals surface area contributed by atoms with E-state index in [1.54, 1.807) is 6.07 Å². The topological polar surface area (TPSA) is 78.8 Å². The van der Waals surface area contributed by atoms with Crippen molar-refractivity contribution in [3.63, 3.8) is 0 Å². The summed E-state index contributed by atoms with van der Waals surface area (Å²) >= 11 is 1.52. The molecule has 3 aromatic rings. The van der Waals surface area contributed by atoms with Gasteiger partial charge in [0.25, 0.3) is 0 Å². The molecular formula is C14H11N5S. The van der Waals surface area contributed by atoms with Crippen molar-refractivity contribution >= 4 is 39.0 Å². The fourth-order valence-corrected chi connectivity index (χ4v) is 2.85. The van der Waals surface area contributed by atoms with E-state index in [0.717, 1.165) is 15.9 Å². The van der Waals surface area contributed by atoms with Gasteiger partial charge in [-0.25, -0.2) is 4.98 Å². The van der Waals surface area contributed by atoms with Crippen molar-refractivity contribution in [3.8, 4) is 6.07 Å². The van der Waals surface area contributed by atoms with Crippen LogP contribution in [0.25, 0.3) is 10.2 Å². The van der Waals surface area contributed by atoms with E-state index in [4.69, 9.17) is 5.73 Å². The third-order valence-corrected chi connectivity index (χ3v) is 3.83. The number of nitrogens with two attached hydrogens (primary N) is 1. The van der Waals surface area contributed by atoms with Crippen LogP contribution in [0.5, 0.6) is 0 Å². The molecular weight excluding hydrogens is 270 g/mol. The Morgan fingerprint density at radius 3 is 2.85 bits per heavy atom. The molecule has 0 aliphatic heterocycles. The Kier molecular flexibility index (Phi) is 2.97. The normalized spacial score (nSPS) is 10.4. The summed E-state index contributed by atoms with van der Waals surface area (Å²) in [7, 11) is 1.87. The number of nitriles is 1. The fraction of sp³-hybridized carbons (Fsp3) is 0.0714. The lowest BCUT2D eigenvalue weighted by Gasteiger charge is -2.20. The third kappa shape index (κ3) is 1.94. The summed E-state index contributed by atoms with van der Waals surface area (Å²) in [5.41, 5.74) is 7.15. The monoisotopic (exact) mass is 281 g/mol. The molecule has 98 valence electrons. The zero-order chi connectivity index (χ0) is 14.1. The van der Waals surface area contributed by atoms with Crippen molar-refractivity contribution < 1.29 is 0 Å². The van der Waals surface area contributed by atoms with Crippen LogP contribution < -0.4 is 10.6 Å². The number of para-hydroxylation sites is 1. The van der Waals surface area contributed by atoms with Crippen LogP contribution in [0.3, 0.4) is 0 Å². The molecule has 2 heterocycles. The smallest absolute Gasteiger partial charge is 0.223 e. The molecule has 0 aliphatic carbocycles. The molecule has 2 N–H and O–H groups in total. The molecule has 0 bridgehead atoms. The van der Waals surface area contributed by atoms with Gasteiger partial charge in [-0.1, -0.05) is 12.1 Å². The molecule has 0 atom stereocenters. The van der Waals surface area contributed by atoms with Crippen molar-refractivity contribution in [2.75, 3.05) is 17.7 Å². The van der Waals surface area contributed by atoms with Gasteiger partial charge in [-0.2, -0.15) is 10.2 Å². The molecule has 0 radical (unpaired) electrons. The Hall–Kier alpha value is -2.65. The van der Waals surface area contributed by atoms with Crippen LogP contribution in [0.1, 0.15) is 5.56 Å². The second-order valence-corrected chi connectivity index (χ2v) is 5.13. The Morgan fingerprint density at radius 2 is 2.05 bits per heavy atom. The van der Waals surface area contributed by atoms with Crippen molar-refractivity contribution in [1.82, 2.24) is 9.97 Å². The Bertz CT molecular complexity index is 818. The van der Waals surface area contributed by atoms with E-state index in [1.165, 1.54) is 11.3 Å². The number of hydrogen-bond donors (Lipinski definition) is 1. The van der Waals surface area contributed by atoms with Gasteiger partial charge in [0.2, 0.25) is 5.95 Å². The van der Waals surface area contributed by atoms with E-state index in [1.807, 2.05) is 41.6 Å². The molecule has 0 aliphatic rings. The maximum atomic E-state index is 9.21. The van der Waals surface area contributed by atoms with Crippen LogP contribution in [-0.2, 0) is 0 Å². The lowest BCUT2D eigenvalue weighted by molar-refractivity contribution is 1.12. The Labute approximate surface area is 119 Å². The molecule has 6 heteroatoms. The minimum absolute atomic E-state index is 0.233. The van der Waals surface area contributed by atoms with Gasteiger partial charge < -0.3 is 10.6 Å². The lowest BCUT2D eigenvalue weighted by atomic mass is 10.2. The highest BCUT2D eigenvalue weighted by Gasteiger charge is 2.15. The zero-order valence-electron chi connectivity index (χ0n) is 10.7. The molecule has 0 saturated heterocycles. The highest BCUT2D eigenvalue weighted by molar-refractivity contribution is 7.16. The second-order valence-electron chi connectivity index (χ2n) is 4.23. The van der Waals surface area contributed by atoms with Gasteiger partial charge in [0, 0.05) is 7.05 Å². The first kappa shape index (κ1) is 12.4. The van der Waals surface area contributed by atoms with Gasteiger partial charge >= 0.3 is 0 Å². The number of rotatable bonds is 2. The largest absolute Gasteiger partial charge is 0.368 e. The number of nitrogen functional groups attached to an aromatic ring is 1. The first-order valence-electron chi connectivity index (χ1n) is 5.94. The van der Waals surface area contributed by atoms with Crippen LogP contribution in [0.2, 0.25) is 0 Å². The summed E-state index contributed by atoms with van der Waals surface area (Å²) in [6.45, 7) is 0. The molecule has 0 amide bonds. The number of thiophene rings is 1. The van der Waals surface area contributed by atoms with Crippen LogP contribution in [0.4, 0.5) is 17.5 Å². The summed E-state index contributed by atoms with van der Waals surface area (Å²) in [5, 5.41) is 12.1. The van der Waals surface area contributed by atoms with E-state index in [2.05, 4.69) is 16.0 Å². The van der Waals surface area contributed by atoms with Crippen LogP contribution in [-0.4, -0.2) is 17.0 Å². The SMILES string of the molecule is CN(c1ccccc1C#N)c1nc(N)nc2sccc12. The van der Waals surface area contributed by atoms with E-state index in [-0.39, 0.29) is 5.95 Å². The highest BCUT2D eigenvalue weighted by Crippen LogP contribution is 2.33. The molecule has 1 aromatic carbocycles. The van der Waals surface area contributed by atoms with Gasteiger partial charge in [-0.15, -0.1) is 11.3 Å². The van der Waals surface area contributed by atoms with Crippen LogP contribution in [0, 0.1) is 11.3 Å². The average Bonchev–Trinajstić information content (AvgIpc) is 2.93. The summed E-state index contributed by atoms with van der Waals surface area (Å²) in [6.07, 6.45) is 0. The van der Waals surface area contributed by atoms with Crippen molar-refractivity contribution in [3.05, 3.63) is 41.3 Å². The summed E-state index contributed by atoms with van der Waals surface area (Å²) in [6, 6.07) is 11.5. The van der Waals surface area contributed by atoms with E-state index >= 15 is 0 Å². The molecule has 0 unspecified atom stereocenters. The van der Waals surface area contributed by atoms with Crippen LogP contribution in [0.15, 0.2) is 35.7 Å². The molecule has 20 heavy (non-hydrogen) atoms. The summed E-state index contributed by atoms with van der Waals surface area (Å²) < 4.78 is 0. The molecule has 0 spiro atoms. The van der Waals surface area contributed by atoms with Gasteiger partial charge in [0.05, 0.1) is 16.6 Å². The van der Waals surface area contributed by atoms with Gasteiger partial charge in [0.15, 0.2) is 0 Å². The Balaban J connectivity index is 2.20. The fourth-order valence-electron chi connectivity index (χ4n) is 2.09. The first-order chi connectivity index (χ1) is 9.70. The van der Waals surface area contributed by atoms with E-state index in [9.17, 15) is 5.26 Å². The number of hydrogen-bond acceptors (Lipinski definition) is 6. The maximum absolute atomic E-state index is 9.21. The minimum atomic E-state index is 0.233. The highest BCUT2D eigenvalue weighted by atomic mass is 32.1. The summed E-state index contributed by atoms with van der Waals surface area (Å²) in [5.74, 6) is 0.938. The first-order valence-corrected chi connectivity index (χ1v) is 6.82. The zero-order valence-corrected chi connectivity index (χ0v) is 11.6. The molecule has 0 fully saturated rings. The number of aromatic nitrogens is 2. The Morgan fingerprint density at radius 1 is 1.25 bits per heavy atom. The molecule has 5 nitrogen and oxygen atoms in total. The quantitative estimate of drug-likeness (QED) is 0.781. The molecule has 2 aromatic heterocycles. The van der Waals surface area contributed by atoms with E-state index < -0.39 is 0 Å². The second kappa shape index (κ2) is 4.79. The average molecular weight is 281 g/mol. The van der Waals surface area contributed by atoms with Crippen molar-refractivity contribution in [2.45, 2.75) is 0 Å². The van der Waals surface area contributed by atoms with Crippen LogP contribution >= 0.6 is 11.3 Å². The maximum Gasteiger partial charge on any atom is 0.223 e. The molecule has 0 saturated carbocycles. The van der Waals surface area contributed by atoms with Gasteiger partial charge in [0.1, 0.15) is 16.7 Å². The van der Waals surface area contributed by atoms with Crippen molar-refractivity contribution in [1.29, 1.82) is 5.26 Å². The third-order valence-electron chi connectivity index (χ3n) is 3.03. The predicted octanol–water partition coefficient (Wildman–Crippen LogP) is 2.91. The minimum Gasteiger partial charge on any atom is -0.368 e. The number of nitrogens with zero attached hydrogens (tertiary/aromatic N) is 4. The molecule has 3 rings (SSSR count). The predicted molar refractivity (Wildman–Crippen MR) is 81.0 cm³/mol. The van der Waals surface area contributed by atoms with Gasteiger partial charge in [-0.3, -0.25) is 0 Å². The summed E-state index contributed by atoms with van der Waals surface area (Å²) in [4.78, 5) is 11.2. The number of fused-ring (bicyclic) bond motifs is 1. The van der Waals surface area contributed by atoms with Gasteiger partial charge in [-0.05, 0) is 23.6 Å². The van der Waals surface area contributed by atoms with Crippen molar-refractivity contribution in [2.24, 2.45) is 0 Å². The number of benzene rings is 1.